The molecular weight excluding hydrogens is 416 g/mol. The van der Waals surface area contributed by atoms with Gasteiger partial charge in [0.2, 0.25) is 10.0 Å². The molecular formula is C22H22N4O4S. The Morgan fingerprint density at radius 2 is 1.94 bits per heavy atom. The molecule has 31 heavy (non-hydrogen) atoms. The summed E-state index contributed by atoms with van der Waals surface area (Å²) in [5.41, 5.74) is 2.18. The van der Waals surface area contributed by atoms with E-state index in [0.717, 1.165) is 16.9 Å². The number of furan rings is 1. The van der Waals surface area contributed by atoms with Crippen LogP contribution in [0.2, 0.25) is 0 Å². The lowest BCUT2D eigenvalue weighted by atomic mass is 10.2. The molecule has 0 saturated carbocycles. The van der Waals surface area contributed by atoms with Crippen LogP contribution in [0.4, 0.5) is 0 Å². The number of amides is 1. The van der Waals surface area contributed by atoms with Crippen LogP contribution in [-0.2, 0) is 23.1 Å². The Balaban J connectivity index is 1.40. The molecule has 2 aromatic heterocycles. The lowest BCUT2D eigenvalue weighted by Crippen LogP contribution is -2.28. The van der Waals surface area contributed by atoms with Crippen molar-refractivity contribution in [3.8, 4) is 0 Å². The zero-order valence-corrected chi connectivity index (χ0v) is 17.7. The Kier molecular flexibility index (Phi) is 5.88. The summed E-state index contributed by atoms with van der Waals surface area (Å²) in [7, 11) is -3.78. The van der Waals surface area contributed by atoms with E-state index in [0.29, 0.717) is 18.8 Å². The van der Waals surface area contributed by atoms with Gasteiger partial charge in [-0.3, -0.25) is 4.79 Å². The Labute approximate surface area is 180 Å². The van der Waals surface area contributed by atoms with E-state index in [1.165, 1.54) is 18.4 Å². The zero-order valence-electron chi connectivity index (χ0n) is 16.9. The fourth-order valence-electron chi connectivity index (χ4n) is 3.33. The van der Waals surface area contributed by atoms with Crippen molar-refractivity contribution < 1.29 is 17.6 Å². The third-order valence-corrected chi connectivity index (χ3v) is 6.29. The number of sulfonamides is 1. The predicted molar refractivity (Wildman–Crippen MR) is 116 cm³/mol. The van der Waals surface area contributed by atoms with Gasteiger partial charge in [-0.25, -0.2) is 18.1 Å². The van der Waals surface area contributed by atoms with E-state index in [2.05, 4.69) is 15.0 Å². The first-order chi connectivity index (χ1) is 14.9. The average molecular weight is 439 g/mol. The summed E-state index contributed by atoms with van der Waals surface area (Å²) in [5, 5.41) is 2.84. The molecule has 4 aromatic rings. The van der Waals surface area contributed by atoms with Crippen LogP contribution in [0.15, 0.2) is 76.2 Å². The molecule has 2 aromatic carbocycles. The van der Waals surface area contributed by atoms with Crippen molar-refractivity contribution in [1.29, 1.82) is 0 Å². The molecule has 0 aliphatic heterocycles. The van der Waals surface area contributed by atoms with Gasteiger partial charge in [0.15, 0.2) is 0 Å². The van der Waals surface area contributed by atoms with E-state index in [4.69, 9.17) is 4.42 Å². The number of aryl methyl sites for hydroxylation is 1. The SMILES string of the molecule is Cc1nc2ccccc2n1CCNC(=O)c1cccc(S(=O)(=O)NCc2ccco2)c1. The summed E-state index contributed by atoms with van der Waals surface area (Å²) >= 11 is 0. The number of rotatable bonds is 8. The van der Waals surface area contributed by atoms with Crippen LogP contribution in [0.25, 0.3) is 11.0 Å². The Morgan fingerprint density at radius 3 is 2.74 bits per heavy atom. The maximum Gasteiger partial charge on any atom is 0.251 e. The predicted octanol–water partition coefficient (Wildman–Crippen LogP) is 2.85. The van der Waals surface area contributed by atoms with Gasteiger partial charge in [0.05, 0.1) is 28.7 Å². The van der Waals surface area contributed by atoms with Crippen molar-refractivity contribution >= 4 is 27.0 Å². The van der Waals surface area contributed by atoms with E-state index in [-0.39, 0.29) is 22.9 Å². The second-order valence-corrected chi connectivity index (χ2v) is 8.75. The fourth-order valence-corrected chi connectivity index (χ4v) is 4.37. The highest BCUT2D eigenvalue weighted by Crippen LogP contribution is 2.15. The molecule has 2 heterocycles. The molecule has 2 N–H and O–H groups in total. The van der Waals surface area contributed by atoms with Gasteiger partial charge in [0.25, 0.3) is 5.91 Å². The van der Waals surface area contributed by atoms with Crippen molar-refractivity contribution in [1.82, 2.24) is 19.6 Å². The number of aromatic nitrogens is 2. The highest BCUT2D eigenvalue weighted by molar-refractivity contribution is 7.89. The van der Waals surface area contributed by atoms with Crippen molar-refractivity contribution in [2.24, 2.45) is 0 Å². The van der Waals surface area contributed by atoms with E-state index in [1.54, 1.807) is 24.3 Å². The van der Waals surface area contributed by atoms with E-state index in [1.807, 2.05) is 35.8 Å². The number of fused-ring (bicyclic) bond motifs is 1. The number of benzene rings is 2. The molecule has 0 unspecified atom stereocenters. The zero-order chi connectivity index (χ0) is 21.8. The van der Waals surface area contributed by atoms with Crippen LogP contribution < -0.4 is 10.0 Å². The number of carbonyl (C=O) groups excluding carboxylic acids is 1. The van der Waals surface area contributed by atoms with E-state index in [9.17, 15) is 13.2 Å². The topological polar surface area (TPSA) is 106 Å². The Bertz CT molecular complexity index is 1310. The van der Waals surface area contributed by atoms with E-state index >= 15 is 0 Å². The lowest BCUT2D eigenvalue weighted by Gasteiger charge is -2.10. The first-order valence-corrected chi connectivity index (χ1v) is 11.2. The fraction of sp³-hybridized carbons (Fsp3) is 0.182. The third kappa shape index (κ3) is 4.68. The minimum atomic E-state index is -3.78. The average Bonchev–Trinajstić information content (AvgIpc) is 3.40. The minimum absolute atomic E-state index is 0.0168. The maximum absolute atomic E-state index is 12.6. The molecule has 0 radical (unpaired) electrons. The molecule has 0 bridgehead atoms. The third-order valence-electron chi connectivity index (χ3n) is 4.89. The lowest BCUT2D eigenvalue weighted by molar-refractivity contribution is 0.0952. The van der Waals surface area contributed by atoms with Crippen LogP contribution in [0.5, 0.6) is 0 Å². The summed E-state index contributed by atoms with van der Waals surface area (Å²) < 4.78 is 34.7. The van der Waals surface area contributed by atoms with Crippen molar-refractivity contribution in [3.05, 3.63) is 84.1 Å². The Morgan fingerprint density at radius 1 is 1.10 bits per heavy atom. The van der Waals surface area contributed by atoms with Crippen LogP contribution >= 0.6 is 0 Å². The van der Waals surface area contributed by atoms with Gasteiger partial charge >= 0.3 is 0 Å². The highest BCUT2D eigenvalue weighted by atomic mass is 32.2. The summed E-state index contributed by atoms with van der Waals surface area (Å²) in [6.45, 7) is 2.89. The monoisotopic (exact) mass is 438 g/mol. The number of hydrogen-bond donors (Lipinski definition) is 2. The summed E-state index contributed by atoms with van der Waals surface area (Å²) in [6, 6.07) is 17.1. The second kappa shape index (κ2) is 8.75. The van der Waals surface area contributed by atoms with Crippen LogP contribution in [0.1, 0.15) is 21.9 Å². The highest BCUT2D eigenvalue weighted by Gasteiger charge is 2.17. The van der Waals surface area contributed by atoms with Gasteiger partial charge < -0.3 is 14.3 Å². The Hall–Kier alpha value is -3.43. The van der Waals surface area contributed by atoms with Crippen molar-refractivity contribution in [3.63, 3.8) is 0 Å². The number of hydrogen-bond acceptors (Lipinski definition) is 5. The number of carbonyl (C=O) groups is 1. The molecule has 0 aliphatic rings. The summed E-state index contributed by atoms with van der Waals surface area (Å²) in [5.74, 6) is 1.02. The van der Waals surface area contributed by atoms with Crippen molar-refractivity contribution in [2.75, 3.05) is 6.54 Å². The molecule has 9 heteroatoms. The number of nitrogens with zero attached hydrogens (tertiary/aromatic N) is 2. The van der Waals surface area contributed by atoms with Gasteiger partial charge in [0, 0.05) is 18.7 Å². The first kappa shape index (κ1) is 20.8. The molecule has 0 spiro atoms. The van der Waals surface area contributed by atoms with Crippen LogP contribution in [0.3, 0.4) is 0 Å². The molecule has 0 fully saturated rings. The maximum atomic E-state index is 12.6. The van der Waals surface area contributed by atoms with Gasteiger partial charge in [-0.2, -0.15) is 0 Å². The van der Waals surface area contributed by atoms with Crippen LogP contribution in [-0.4, -0.2) is 30.4 Å². The standard InChI is InChI=1S/C22H22N4O4S/c1-16-25-20-9-2-3-10-21(20)26(16)12-11-23-22(27)17-6-4-8-19(14-17)31(28,29)24-15-18-7-5-13-30-18/h2-10,13-14,24H,11-12,15H2,1H3,(H,23,27). The smallest absolute Gasteiger partial charge is 0.251 e. The molecule has 1 amide bonds. The number of imidazole rings is 1. The van der Waals surface area contributed by atoms with Crippen molar-refractivity contribution in [2.45, 2.75) is 24.9 Å². The normalized spacial score (nSPS) is 11.6. The molecule has 0 aliphatic carbocycles. The molecule has 160 valence electrons. The van der Waals surface area contributed by atoms with Gasteiger partial charge in [0.1, 0.15) is 11.6 Å². The molecule has 8 nitrogen and oxygen atoms in total. The molecule has 0 atom stereocenters. The van der Waals surface area contributed by atoms with Crippen LogP contribution in [0, 0.1) is 6.92 Å². The van der Waals surface area contributed by atoms with Gasteiger partial charge in [-0.05, 0) is 49.4 Å². The largest absolute Gasteiger partial charge is 0.468 e. The molecule has 4 rings (SSSR count). The number of para-hydroxylation sites is 2. The number of nitrogens with one attached hydrogen (secondary N) is 2. The van der Waals surface area contributed by atoms with Gasteiger partial charge in [-0.1, -0.05) is 18.2 Å². The van der Waals surface area contributed by atoms with Gasteiger partial charge in [-0.15, -0.1) is 0 Å². The quantitative estimate of drug-likeness (QED) is 0.440. The summed E-state index contributed by atoms with van der Waals surface area (Å²) in [4.78, 5) is 17.1. The van der Waals surface area contributed by atoms with E-state index < -0.39 is 10.0 Å². The first-order valence-electron chi connectivity index (χ1n) is 9.76. The second-order valence-electron chi connectivity index (χ2n) is 6.99. The summed E-state index contributed by atoms with van der Waals surface area (Å²) in [6.07, 6.45) is 1.47. The minimum Gasteiger partial charge on any atom is -0.468 e. The molecule has 0 saturated heterocycles.